The molecule has 3 nitrogen and oxygen atoms in total. The first-order chi connectivity index (χ1) is 11.7. The topological polar surface area (TPSA) is 57.2 Å². The van der Waals surface area contributed by atoms with Crippen molar-refractivity contribution in [3.05, 3.63) is 29.8 Å². The predicted molar refractivity (Wildman–Crippen MR) is 106 cm³/mol. The molecule has 0 N–H and O–H groups in total. The van der Waals surface area contributed by atoms with E-state index in [-0.39, 0.29) is 42.4 Å². The van der Waals surface area contributed by atoms with Crippen molar-refractivity contribution in [1.82, 2.24) is 0 Å². The monoisotopic (exact) mass is 406 g/mol. The van der Waals surface area contributed by atoms with Crippen LogP contribution in [-0.4, -0.2) is 31.0 Å². The average Bonchev–Trinajstić information content (AvgIpc) is 2.53. The molecule has 0 aromatic heterocycles. The quantitative estimate of drug-likeness (QED) is 0.397. The van der Waals surface area contributed by atoms with Crippen molar-refractivity contribution >= 4 is 18.0 Å². The Morgan fingerprint density at radius 1 is 0.962 bits per heavy atom. The minimum absolute atomic E-state index is 0. The molecule has 0 unspecified atom stereocenters. The molecule has 1 aliphatic carbocycles. The molecule has 0 radical (unpaired) electrons. The largest absolute Gasteiger partial charge is 1.00 e. The van der Waals surface area contributed by atoms with Gasteiger partial charge >= 0.3 is 29.6 Å². The molecule has 142 valence electrons. The summed E-state index contributed by atoms with van der Waals surface area (Å²) in [5.41, 5.74) is 2.07. The van der Waals surface area contributed by atoms with Crippen LogP contribution in [-0.2, 0) is 10.1 Å². The van der Waals surface area contributed by atoms with Crippen LogP contribution in [0.25, 0.3) is 0 Å². The second kappa shape index (κ2) is 10.9. The van der Waals surface area contributed by atoms with Crippen LogP contribution in [0.2, 0.25) is 0 Å². The molecule has 0 atom stereocenters. The summed E-state index contributed by atoms with van der Waals surface area (Å²) in [6, 6.07) is 6.60. The summed E-state index contributed by atoms with van der Waals surface area (Å²) in [5, 5.41) is 0. The van der Waals surface area contributed by atoms with Gasteiger partial charge in [-0.1, -0.05) is 39.8 Å². The third-order valence-electron chi connectivity index (χ3n) is 5.05. The molecule has 0 saturated heterocycles. The summed E-state index contributed by atoms with van der Waals surface area (Å²) in [4.78, 5) is -0.123. The van der Waals surface area contributed by atoms with E-state index in [1.165, 1.54) is 55.7 Å². The molecular weight excluding hydrogens is 374 g/mol. The Bertz CT molecular complexity index is 626. The number of hydrogen-bond donors (Lipinski definition) is 0. The molecule has 0 bridgehead atoms. The van der Waals surface area contributed by atoms with Crippen molar-refractivity contribution in [3.8, 4) is 0 Å². The van der Waals surface area contributed by atoms with Crippen molar-refractivity contribution in [2.45, 2.75) is 69.9 Å². The summed E-state index contributed by atoms with van der Waals surface area (Å²) < 4.78 is 33.2. The summed E-state index contributed by atoms with van der Waals surface area (Å²) in [6.45, 7) is 9.36. The van der Waals surface area contributed by atoms with Crippen LogP contribution in [0.15, 0.2) is 29.2 Å². The van der Waals surface area contributed by atoms with E-state index in [1.54, 1.807) is 0 Å². The molecule has 0 aliphatic heterocycles. The Morgan fingerprint density at radius 3 is 1.81 bits per heavy atom. The summed E-state index contributed by atoms with van der Waals surface area (Å²) in [6.07, 6.45) is 7.72. The molecule has 0 spiro atoms. The van der Waals surface area contributed by atoms with E-state index in [1.807, 2.05) is 12.1 Å². The Morgan fingerprint density at radius 2 is 1.42 bits per heavy atom. The molecule has 1 aliphatic rings. The molecule has 26 heavy (non-hydrogen) atoms. The molecule has 2 rings (SSSR count). The standard InChI is InChI=1S/C20H33O3PS.Na/c1-15(2)13-24(14-16(3)4)19-9-5-17(6-10-19)18-7-11-20(12-8-18)25(21,22)23;/h7-8,11-12,15-17,19H,5-6,9-10,13-14H2,1-4H3,(H,21,22,23);/q;+1/p-1. The third-order valence-corrected chi connectivity index (χ3v) is 9.85. The Kier molecular flexibility index (Phi) is 10.3. The van der Waals surface area contributed by atoms with Gasteiger partial charge in [-0.25, -0.2) is 8.42 Å². The van der Waals surface area contributed by atoms with Gasteiger partial charge in [-0.15, -0.1) is 7.92 Å². The third kappa shape index (κ3) is 7.53. The van der Waals surface area contributed by atoms with Gasteiger partial charge in [0.05, 0.1) is 4.90 Å². The first kappa shape index (κ1) is 24.6. The van der Waals surface area contributed by atoms with Gasteiger partial charge in [0.15, 0.2) is 0 Å². The molecular formula is C20H32NaO3PS. The van der Waals surface area contributed by atoms with E-state index in [9.17, 15) is 13.0 Å². The van der Waals surface area contributed by atoms with Crippen molar-refractivity contribution in [2.24, 2.45) is 11.8 Å². The molecule has 1 saturated carbocycles. The molecule has 1 fully saturated rings. The first-order valence-electron chi connectivity index (χ1n) is 9.46. The van der Waals surface area contributed by atoms with Crippen molar-refractivity contribution in [1.29, 1.82) is 0 Å². The molecule has 6 heteroatoms. The smallest absolute Gasteiger partial charge is 0.744 e. The van der Waals surface area contributed by atoms with Crippen LogP contribution in [0.3, 0.4) is 0 Å². The van der Waals surface area contributed by atoms with E-state index in [2.05, 4.69) is 27.7 Å². The fourth-order valence-electron chi connectivity index (χ4n) is 3.99. The Labute approximate surface area is 183 Å². The first-order valence-corrected chi connectivity index (χ1v) is 12.7. The van der Waals surface area contributed by atoms with Crippen molar-refractivity contribution in [2.75, 3.05) is 12.3 Å². The van der Waals surface area contributed by atoms with E-state index in [0.29, 0.717) is 5.92 Å². The van der Waals surface area contributed by atoms with Crippen LogP contribution in [0.5, 0.6) is 0 Å². The van der Waals surface area contributed by atoms with Gasteiger partial charge in [-0.05, 0) is 79.1 Å². The van der Waals surface area contributed by atoms with Crippen LogP contribution >= 0.6 is 7.92 Å². The molecule has 1 aromatic carbocycles. The minimum Gasteiger partial charge on any atom is -0.744 e. The zero-order valence-electron chi connectivity index (χ0n) is 16.9. The van der Waals surface area contributed by atoms with Crippen molar-refractivity contribution < 1.29 is 42.5 Å². The van der Waals surface area contributed by atoms with Crippen molar-refractivity contribution in [3.63, 3.8) is 0 Å². The van der Waals surface area contributed by atoms with Crippen LogP contribution < -0.4 is 29.6 Å². The van der Waals surface area contributed by atoms with Crippen LogP contribution in [0.1, 0.15) is 64.9 Å². The van der Waals surface area contributed by atoms with Crippen LogP contribution in [0, 0.1) is 11.8 Å². The van der Waals surface area contributed by atoms with E-state index in [4.69, 9.17) is 0 Å². The second-order valence-corrected chi connectivity index (χ2v) is 12.3. The van der Waals surface area contributed by atoms with Gasteiger partial charge in [0.2, 0.25) is 0 Å². The maximum atomic E-state index is 11.1. The SMILES string of the molecule is CC(C)CP(CC(C)C)C1CCC(c2ccc(S(=O)(=O)[O-])cc2)CC1.[Na+]. The van der Waals surface area contributed by atoms with E-state index < -0.39 is 10.1 Å². The zero-order valence-corrected chi connectivity index (χ0v) is 20.7. The van der Waals surface area contributed by atoms with E-state index in [0.717, 1.165) is 17.5 Å². The summed E-state index contributed by atoms with van der Waals surface area (Å²) in [5.74, 6) is 2.07. The van der Waals surface area contributed by atoms with Gasteiger partial charge in [-0.2, -0.15) is 0 Å². The minimum atomic E-state index is -4.34. The zero-order chi connectivity index (χ0) is 18.6. The van der Waals surface area contributed by atoms with E-state index >= 15 is 0 Å². The van der Waals surface area contributed by atoms with Gasteiger partial charge in [0.1, 0.15) is 10.1 Å². The number of hydrogen-bond acceptors (Lipinski definition) is 3. The fraction of sp³-hybridized carbons (Fsp3) is 0.700. The average molecular weight is 407 g/mol. The fourth-order valence-corrected chi connectivity index (χ4v) is 8.11. The molecule has 1 aromatic rings. The Hall–Kier alpha value is 0.560. The second-order valence-electron chi connectivity index (χ2n) is 8.27. The summed E-state index contributed by atoms with van der Waals surface area (Å²) in [7, 11) is -4.23. The normalized spacial score (nSPS) is 21.2. The van der Waals surface area contributed by atoms with Gasteiger partial charge < -0.3 is 4.55 Å². The molecule has 0 heterocycles. The Balaban J connectivity index is 0.00000338. The van der Waals surface area contributed by atoms with Crippen LogP contribution in [0.4, 0.5) is 0 Å². The number of benzene rings is 1. The predicted octanol–water partition coefficient (Wildman–Crippen LogP) is 2.41. The van der Waals surface area contributed by atoms with Gasteiger partial charge in [-0.3, -0.25) is 0 Å². The maximum absolute atomic E-state index is 11.1. The van der Waals surface area contributed by atoms with Gasteiger partial charge in [0, 0.05) is 0 Å². The molecule has 0 amide bonds. The maximum Gasteiger partial charge on any atom is 1.00 e. The summed E-state index contributed by atoms with van der Waals surface area (Å²) >= 11 is 0. The number of rotatable bonds is 7. The van der Waals surface area contributed by atoms with Gasteiger partial charge in [0.25, 0.3) is 0 Å².